The predicted molar refractivity (Wildman–Crippen MR) is 74.9 cm³/mol. The van der Waals surface area contributed by atoms with E-state index in [1.54, 1.807) is 23.1 Å². The summed E-state index contributed by atoms with van der Waals surface area (Å²) in [6, 6.07) is 7.18. The number of carbonyl (C=O) groups excluding carboxylic acids is 1. The van der Waals surface area contributed by atoms with Gasteiger partial charge < -0.3 is 14.7 Å². The minimum atomic E-state index is -0.844. The third kappa shape index (κ3) is 2.99. The fourth-order valence-electron chi connectivity index (χ4n) is 2.39. The highest BCUT2D eigenvalue weighted by Crippen LogP contribution is 2.35. The van der Waals surface area contributed by atoms with Crippen LogP contribution in [0, 0.1) is 0 Å². The molecule has 20 heavy (non-hydrogen) atoms. The van der Waals surface area contributed by atoms with Crippen molar-refractivity contribution in [3.8, 4) is 0 Å². The summed E-state index contributed by atoms with van der Waals surface area (Å²) < 4.78 is 5.34. The topological polar surface area (TPSA) is 66.8 Å². The molecule has 2 rings (SSSR count). The Morgan fingerprint density at radius 3 is 2.75 bits per heavy atom. The summed E-state index contributed by atoms with van der Waals surface area (Å²) in [6.45, 7) is 4.17. The second kappa shape index (κ2) is 6.05. The lowest BCUT2D eigenvalue weighted by molar-refractivity contribution is -0.139. The number of ether oxygens (including phenoxy) is 1. The van der Waals surface area contributed by atoms with Crippen LogP contribution >= 0.6 is 0 Å². The maximum atomic E-state index is 12.2. The van der Waals surface area contributed by atoms with Crippen LogP contribution in [0.3, 0.4) is 0 Å². The Bertz CT molecular complexity index is 512. The first kappa shape index (κ1) is 14.5. The minimum Gasteiger partial charge on any atom is -0.481 e. The number of para-hydroxylation sites is 1. The molecule has 5 nitrogen and oxygen atoms in total. The van der Waals surface area contributed by atoms with Gasteiger partial charge in [0.15, 0.2) is 0 Å². The van der Waals surface area contributed by atoms with Gasteiger partial charge in [0.05, 0.1) is 12.0 Å². The summed E-state index contributed by atoms with van der Waals surface area (Å²) in [7, 11) is 0. The molecule has 1 amide bonds. The van der Waals surface area contributed by atoms with Gasteiger partial charge in [0.25, 0.3) is 5.91 Å². The van der Waals surface area contributed by atoms with Gasteiger partial charge in [-0.05, 0) is 31.9 Å². The van der Waals surface area contributed by atoms with Crippen molar-refractivity contribution in [1.29, 1.82) is 0 Å². The first-order chi connectivity index (χ1) is 9.50. The van der Waals surface area contributed by atoms with E-state index >= 15 is 0 Å². The molecule has 1 aliphatic heterocycles. The fourth-order valence-corrected chi connectivity index (χ4v) is 2.39. The van der Waals surface area contributed by atoms with Gasteiger partial charge in [-0.15, -0.1) is 0 Å². The van der Waals surface area contributed by atoms with Crippen LogP contribution in [0.25, 0.3) is 0 Å². The Morgan fingerprint density at radius 1 is 1.40 bits per heavy atom. The molecule has 1 heterocycles. The van der Waals surface area contributed by atoms with Crippen molar-refractivity contribution < 1.29 is 19.4 Å². The molecule has 1 atom stereocenters. The number of fused-ring (bicyclic) bond motifs is 1. The van der Waals surface area contributed by atoms with Crippen LogP contribution in [0.2, 0.25) is 0 Å². The second-order valence-electron chi connectivity index (χ2n) is 5.14. The van der Waals surface area contributed by atoms with Crippen LogP contribution in [0.1, 0.15) is 31.7 Å². The van der Waals surface area contributed by atoms with E-state index in [1.165, 1.54) is 0 Å². The van der Waals surface area contributed by atoms with Gasteiger partial charge in [0.1, 0.15) is 6.61 Å². The molecule has 0 spiro atoms. The van der Waals surface area contributed by atoms with Crippen molar-refractivity contribution >= 4 is 17.6 Å². The van der Waals surface area contributed by atoms with Crippen molar-refractivity contribution in [1.82, 2.24) is 0 Å². The minimum absolute atomic E-state index is 0.00856. The van der Waals surface area contributed by atoms with Crippen LogP contribution in [0.5, 0.6) is 0 Å². The standard InChI is InChI=1S/C15H19NO4/c1-10(2)20-9-14(17)16-8-7-12(15(18)19)11-5-3-4-6-13(11)16/h3-6,10,12H,7-9H2,1-2H3,(H,18,19). The van der Waals surface area contributed by atoms with E-state index in [2.05, 4.69) is 0 Å². The summed E-state index contributed by atoms with van der Waals surface area (Å²) in [6.07, 6.45) is 0.422. The van der Waals surface area contributed by atoms with Crippen LogP contribution in [-0.4, -0.2) is 36.2 Å². The van der Waals surface area contributed by atoms with Gasteiger partial charge in [-0.3, -0.25) is 9.59 Å². The SMILES string of the molecule is CC(C)OCC(=O)N1CCC(C(=O)O)c2ccccc21. The van der Waals surface area contributed by atoms with Crippen molar-refractivity contribution in [2.45, 2.75) is 32.3 Å². The number of carbonyl (C=O) groups is 2. The zero-order chi connectivity index (χ0) is 14.7. The zero-order valence-corrected chi connectivity index (χ0v) is 11.7. The average molecular weight is 277 g/mol. The largest absolute Gasteiger partial charge is 0.481 e. The van der Waals surface area contributed by atoms with E-state index in [9.17, 15) is 14.7 Å². The monoisotopic (exact) mass is 277 g/mol. The summed E-state index contributed by atoms with van der Waals surface area (Å²) >= 11 is 0. The molecule has 1 unspecified atom stereocenters. The molecule has 0 bridgehead atoms. The smallest absolute Gasteiger partial charge is 0.311 e. The third-order valence-electron chi connectivity index (χ3n) is 3.38. The molecule has 5 heteroatoms. The van der Waals surface area contributed by atoms with Gasteiger partial charge in [0.2, 0.25) is 0 Å². The number of hydrogen-bond acceptors (Lipinski definition) is 3. The summed E-state index contributed by atoms with van der Waals surface area (Å²) in [4.78, 5) is 25.1. The van der Waals surface area contributed by atoms with Gasteiger partial charge >= 0.3 is 5.97 Å². The number of aliphatic carboxylic acids is 1. The molecule has 1 aromatic carbocycles. The molecular formula is C15H19NO4. The summed E-state index contributed by atoms with van der Waals surface area (Å²) in [5, 5.41) is 9.26. The van der Waals surface area contributed by atoms with Gasteiger partial charge in [-0.1, -0.05) is 18.2 Å². The van der Waals surface area contributed by atoms with E-state index in [0.29, 0.717) is 24.2 Å². The van der Waals surface area contributed by atoms with E-state index in [-0.39, 0.29) is 18.6 Å². The summed E-state index contributed by atoms with van der Waals surface area (Å²) in [5.74, 6) is -1.51. The molecule has 1 N–H and O–H groups in total. The molecular weight excluding hydrogens is 258 g/mol. The predicted octanol–water partition coefficient (Wildman–Crippen LogP) is 2.02. The Balaban J connectivity index is 2.23. The van der Waals surface area contributed by atoms with Crippen molar-refractivity contribution in [2.75, 3.05) is 18.1 Å². The van der Waals surface area contributed by atoms with Gasteiger partial charge in [-0.25, -0.2) is 0 Å². The maximum Gasteiger partial charge on any atom is 0.311 e. The lowest BCUT2D eigenvalue weighted by atomic mass is 9.90. The molecule has 0 aromatic heterocycles. The number of anilines is 1. The fraction of sp³-hybridized carbons (Fsp3) is 0.467. The van der Waals surface area contributed by atoms with Crippen molar-refractivity contribution in [3.05, 3.63) is 29.8 Å². The highest BCUT2D eigenvalue weighted by atomic mass is 16.5. The highest BCUT2D eigenvalue weighted by Gasteiger charge is 2.32. The van der Waals surface area contributed by atoms with E-state index in [4.69, 9.17) is 4.74 Å². The van der Waals surface area contributed by atoms with Crippen LogP contribution in [0.15, 0.2) is 24.3 Å². The number of carboxylic acids is 1. The molecule has 1 aromatic rings. The van der Waals surface area contributed by atoms with E-state index < -0.39 is 11.9 Å². The lowest BCUT2D eigenvalue weighted by Crippen LogP contribution is -2.40. The Labute approximate surface area is 118 Å². The molecule has 0 saturated heterocycles. The second-order valence-corrected chi connectivity index (χ2v) is 5.14. The molecule has 0 saturated carbocycles. The normalized spacial score (nSPS) is 17.9. The molecule has 1 aliphatic rings. The number of nitrogens with zero attached hydrogens (tertiary/aromatic N) is 1. The number of benzene rings is 1. The van der Waals surface area contributed by atoms with E-state index in [1.807, 2.05) is 19.9 Å². The quantitative estimate of drug-likeness (QED) is 0.914. The molecule has 0 fully saturated rings. The molecule has 0 aliphatic carbocycles. The third-order valence-corrected chi connectivity index (χ3v) is 3.38. The number of rotatable bonds is 4. The number of carboxylic acid groups (broad SMARTS) is 1. The first-order valence-corrected chi connectivity index (χ1v) is 6.74. The summed E-state index contributed by atoms with van der Waals surface area (Å²) in [5.41, 5.74) is 1.38. The number of amides is 1. The highest BCUT2D eigenvalue weighted by molar-refractivity contribution is 5.97. The van der Waals surface area contributed by atoms with Crippen LogP contribution in [-0.2, 0) is 14.3 Å². The Kier molecular flexibility index (Phi) is 4.39. The van der Waals surface area contributed by atoms with Crippen LogP contribution < -0.4 is 4.90 Å². The Hall–Kier alpha value is -1.88. The van der Waals surface area contributed by atoms with Gasteiger partial charge in [-0.2, -0.15) is 0 Å². The first-order valence-electron chi connectivity index (χ1n) is 6.74. The van der Waals surface area contributed by atoms with Gasteiger partial charge in [0, 0.05) is 12.2 Å². The number of hydrogen-bond donors (Lipinski definition) is 1. The molecule has 0 radical (unpaired) electrons. The average Bonchev–Trinajstić information content (AvgIpc) is 2.43. The lowest BCUT2D eigenvalue weighted by Gasteiger charge is -2.32. The van der Waals surface area contributed by atoms with Crippen molar-refractivity contribution in [3.63, 3.8) is 0 Å². The van der Waals surface area contributed by atoms with Crippen LogP contribution in [0.4, 0.5) is 5.69 Å². The zero-order valence-electron chi connectivity index (χ0n) is 11.7. The van der Waals surface area contributed by atoms with E-state index in [0.717, 1.165) is 0 Å². The van der Waals surface area contributed by atoms with Crippen molar-refractivity contribution in [2.24, 2.45) is 0 Å². The molecule has 108 valence electrons. The Morgan fingerprint density at radius 2 is 2.10 bits per heavy atom. The maximum absolute atomic E-state index is 12.2.